The molecule has 1 saturated heterocycles. The van der Waals surface area contributed by atoms with E-state index in [1.54, 1.807) is 18.8 Å². The SMILES string of the molecule is COc1cccc(-c2nc(NC[C@H]3CCCO3)nc3nn(C)c(N)c23)c1. The van der Waals surface area contributed by atoms with Crippen LogP contribution in [0.2, 0.25) is 0 Å². The molecule has 136 valence electrons. The average molecular weight is 354 g/mol. The van der Waals surface area contributed by atoms with E-state index >= 15 is 0 Å². The second-order valence-corrected chi connectivity index (χ2v) is 6.35. The molecule has 1 fully saturated rings. The van der Waals surface area contributed by atoms with E-state index in [0.717, 1.165) is 41.8 Å². The van der Waals surface area contributed by atoms with Crippen LogP contribution in [0.3, 0.4) is 0 Å². The molecule has 4 rings (SSSR count). The van der Waals surface area contributed by atoms with Crippen molar-refractivity contribution in [1.29, 1.82) is 0 Å². The van der Waals surface area contributed by atoms with Crippen molar-refractivity contribution in [1.82, 2.24) is 19.7 Å². The molecule has 1 aliphatic heterocycles. The number of nitrogens with zero attached hydrogens (tertiary/aromatic N) is 4. The smallest absolute Gasteiger partial charge is 0.225 e. The van der Waals surface area contributed by atoms with Gasteiger partial charge in [0.2, 0.25) is 5.95 Å². The lowest BCUT2D eigenvalue weighted by atomic mass is 10.1. The number of nitrogens with two attached hydrogens (primary N) is 1. The van der Waals surface area contributed by atoms with E-state index in [-0.39, 0.29) is 6.10 Å². The fourth-order valence-corrected chi connectivity index (χ4v) is 3.18. The summed E-state index contributed by atoms with van der Waals surface area (Å²) in [6.45, 7) is 1.49. The molecule has 0 aliphatic carbocycles. The van der Waals surface area contributed by atoms with Gasteiger partial charge in [-0.2, -0.15) is 10.1 Å². The zero-order valence-electron chi connectivity index (χ0n) is 14.9. The number of aryl methyl sites for hydroxylation is 1. The summed E-state index contributed by atoms with van der Waals surface area (Å²) in [5.41, 5.74) is 8.41. The topological polar surface area (TPSA) is 100 Å². The van der Waals surface area contributed by atoms with Crippen LogP contribution in [0.5, 0.6) is 5.75 Å². The highest BCUT2D eigenvalue weighted by Gasteiger charge is 2.19. The number of fused-ring (bicyclic) bond motifs is 1. The Morgan fingerprint density at radius 2 is 2.27 bits per heavy atom. The summed E-state index contributed by atoms with van der Waals surface area (Å²) >= 11 is 0. The van der Waals surface area contributed by atoms with Crippen LogP contribution in [0.1, 0.15) is 12.8 Å². The van der Waals surface area contributed by atoms with Crippen LogP contribution in [-0.4, -0.2) is 46.1 Å². The molecular formula is C18H22N6O2. The van der Waals surface area contributed by atoms with Crippen molar-refractivity contribution in [2.75, 3.05) is 31.3 Å². The van der Waals surface area contributed by atoms with Crippen LogP contribution >= 0.6 is 0 Å². The molecular weight excluding hydrogens is 332 g/mol. The number of hydrogen-bond donors (Lipinski definition) is 2. The van der Waals surface area contributed by atoms with E-state index < -0.39 is 0 Å². The lowest BCUT2D eigenvalue weighted by Gasteiger charge is -2.12. The lowest BCUT2D eigenvalue weighted by Crippen LogP contribution is -2.19. The van der Waals surface area contributed by atoms with Crippen LogP contribution in [-0.2, 0) is 11.8 Å². The first-order valence-corrected chi connectivity index (χ1v) is 8.66. The van der Waals surface area contributed by atoms with Gasteiger partial charge in [0.25, 0.3) is 0 Å². The normalized spacial score (nSPS) is 16.9. The summed E-state index contributed by atoms with van der Waals surface area (Å²) in [7, 11) is 3.44. The predicted molar refractivity (Wildman–Crippen MR) is 100 cm³/mol. The Labute approximate surface area is 151 Å². The predicted octanol–water partition coefficient (Wildman–Crippen LogP) is 2.21. The highest BCUT2D eigenvalue weighted by molar-refractivity contribution is 5.99. The van der Waals surface area contributed by atoms with Crippen molar-refractivity contribution >= 4 is 22.8 Å². The standard InChI is InChI=1S/C18H22N6O2/c1-24-16(19)14-15(11-5-3-6-12(9-11)25-2)21-18(22-17(14)23-24)20-10-13-7-4-8-26-13/h3,5-6,9,13H,4,7-8,10,19H2,1-2H3,(H,20,22,23)/t13-/m1/s1. The van der Waals surface area contributed by atoms with Gasteiger partial charge in [-0.3, -0.25) is 4.68 Å². The van der Waals surface area contributed by atoms with Crippen molar-refractivity contribution in [3.05, 3.63) is 24.3 Å². The monoisotopic (exact) mass is 354 g/mol. The quantitative estimate of drug-likeness (QED) is 0.724. The van der Waals surface area contributed by atoms with E-state index in [9.17, 15) is 0 Å². The Morgan fingerprint density at radius 3 is 3.04 bits per heavy atom. The largest absolute Gasteiger partial charge is 0.497 e. The van der Waals surface area contributed by atoms with Gasteiger partial charge in [0.15, 0.2) is 5.65 Å². The summed E-state index contributed by atoms with van der Waals surface area (Å²) in [5, 5.41) is 8.44. The highest BCUT2D eigenvalue weighted by Crippen LogP contribution is 2.32. The second kappa shape index (κ2) is 6.80. The van der Waals surface area contributed by atoms with E-state index in [0.29, 0.717) is 24.0 Å². The van der Waals surface area contributed by atoms with E-state index in [1.807, 2.05) is 24.3 Å². The molecule has 8 nitrogen and oxygen atoms in total. The van der Waals surface area contributed by atoms with Gasteiger partial charge < -0.3 is 20.5 Å². The molecule has 1 aromatic carbocycles. The number of aromatic nitrogens is 4. The maximum Gasteiger partial charge on any atom is 0.225 e. The third-order valence-corrected chi connectivity index (χ3v) is 4.59. The zero-order valence-corrected chi connectivity index (χ0v) is 14.9. The third-order valence-electron chi connectivity index (χ3n) is 4.59. The number of nitrogen functional groups attached to an aromatic ring is 1. The molecule has 0 bridgehead atoms. The number of benzene rings is 1. The number of hydrogen-bond acceptors (Lipinski definition) is 7. The van der Waals surface area contributed by atoms with Crippen LogP contribution < -0.4 is 15.8 Å². The van der Waals surface area contributed by atoms with Crippen molar-refractivity contribution in [3.63, 3.8) is 0 Å². The van der Waals surface area contributed by atoms with Crippen molar-refractivity contribution in [2.24, 2.45) is 7.05 Å². The molecule has 1 atom stereocenters. The van der Waals surface area contributed by atoms with Gasteiger partial charge >= 0.3 is 0 Å². The van der Waals surface area contributed by atoms with Gasteiger partial charge in [0.05, 0.1) is 24.3 Å². The highest BCUT2D eigenvalue weighted by atomic mass is 16.5. The first kappa shape index (κ1) is 16.6. The zero-order chi connectivity index (χ0) is 18.1. The molecule has 0 radical (unpaired) electrons. The Bertz CT molecular complexity index is 933. The molecule has 2 aromatic heterocycles. The summed E-state index contributed by atoms with van der Waals surface area (Å²) in [5.74, 6) is 1.80. The summed E-state index contributed by atoms with van der Waals surface area (Å²) in [4.78, 5) is 9.24. The minimum absolute atomic E-state index is 0.198. The fraction of sp³-hybridized carbons (Fsp3) is 0.389. The van der Waals surface area contributed by atoms with Crippen molar-refractivity contribution in [2.45, 2.75) is 18.9 Å². The Morgan fingerprint density at radius 1 is 1.38 bits per heavy atom. The minimum Gasteiger partial charge on any atom is -0.497 e. The second-order valence-electron chi connectivity index (χ2n) is 6.35. The molecule has 3 N–H and O–H groups in total. The first-order valence-electron chi connectivity index (χ1n) is 8.66. The van der Waals surface area contributed by atoms with Gasteiger partial charge in [0.1, 0.15) is 11.6 Å². The number of rotatable bonds is 5. The average Bonchev–Trinajstić information content (AvgIpc) is 3.28. The summed E-state index contributed by atoms with van der Waals surface area (Å²) in [6, 6.07) is 7.72. The van der Waals surface area contributed by atoms with Gasteiger partial charge in [0, 0.05) is 25.8 Å². The van der Waals surface area contributed by atoms with Crippen LogP contribution in [0.4, 0.5) is 11.8 Å². The van der Waals surface area contributed by atoms with E-state index in [4.69, 9.17) is 20.2 Å². The van der Waals surface area contributed by atoms with Gasteiger partial charge in [-0.05, 0) is 25.0 Å². The summed E-state index contributed by atoms with van der Waals surface area (Å²) in [6.07, 6.45) is 2.34. The molecule has 0 saturated carbocycles. The number of ether oxygens (including phenoxy) is 2. The Hall–Kier alpha value is -2.87. The number of nitrogens with one attached hydrogen (secondary N) is 1. The molecule has 26 heavy (non-hydrogen) atoms. The van der Waals surface area contributed by atoms with Gasteiger partial charge in [-0.15, -0.1) is 0 Å². The fourth-order valence-electron chi connectivity index (χ4n) is 3.18. The van der Waals surface area contributed by atoms with Crippen molar-refractivity contribution < 1.29 is 9.47 Å². The summed E-state index contributed by atoms with van der Waals surface area (Å²) < 4.78 is 12.6. The third kappa shape index (κ3) is 3.03. The Kier molecular flexibility index (Phi) is 4.34. The maximum absolute atomic E-state index is 6.22. The van der Waals surface area contributed by atoms with Crippen LogP contribution in [0.15, 0.2) is 24.3 Å². The number of methoxy groups -OCH3 is 1. The van der Waals surface area contributed by atoms with Crippen LogP contribution in [0, 0.1) is 0 Å². The first-order chi connectivity index (χ1) is 12.7. The molecule has 3 heterocycles. The molecule has 8 heteroatoms. The lowest BCUT2D eigenvalue weighted by molar-refractivity contribution is 0.120. The molecule has 0 unspecified atom stereocenters. The molecule has 0 amide bonds. The van der Waals surface area contributed by atoms with Gasteiger partial charge in [-0.25, -0.2) is 4.98 Å². The van der Waals surface area contributed by atoms with Crippen LogP contribution in [0.25, 0.3) is 22.3 Å². The number of anilines is 2. The maximum atomic E-state index is 6.22. The Balaban J connectivity index is 1.77. The van der Waals surface area contributed by atoms with Gasteiger partial charge in [-0.1, -0.05) is 12.1 Å². The molecule has 1 aliphatic rings. The molecule has 0 spiro atoms. The van der Waals surface area contributed by atoms with E-state index in [1.165, 1.54) is 0 Å². The molecule has 3 aromatic rings. The van der Waals surface area contributed by atoms with Crippen molar-refractivity contribution in [3.8, 4) is 17.0 Å². The minimum atomic E-state index is 0.198. The van der Waals surface area contributed by atoms with E-state index in [2.05, 4.69) is 15.4 Å².